The number of rotatable bonds is 8. The van der Waals surface area contributed by atoms with Gasteiger partial charge in [0.25, 0.3) is 0 Å². The second-order valence-electron chi connectivity index (χ2n) is 6.53. The maximum absolute atomic E-state index is 12.6. The first-order chi connectivity index (χ1) is 12.0. The molecule has 3 amide bonds. The maximum atomic E-state index is 12.6. The second-order valence-corrected chi connectivity index (χ2v) is 6.96. The van der Waals surface area contributed by atoms with Crippen LogP contribution in [0.15, 0.2) is 24.3 Å². The minimum absolute atomic E-state index is 0.0290. The predicted octanol–water partition coefficient (Wildman–Crippen LogP) is 4.06. The Kier molecular flexibility index (Phi) is 7.56. The normalized spacial score (nSPS) is 17.0. The van der Waals surface area contributed by atoms with Crippen LogP contribution in [0.1, 0.15) is 46.0 Å². The van der Waals surface area contributed by atoms with E-state index in [1.54, 1.807) is 17.0 Å². The van der Waals surface area contributed by atoms with Crippen molar-refractivity contribution in [2.24, 2.45) is 0 Å². The molecule has 1 aliphatic rings. The van der Waals surface area contributed by atoms with Crippen LogP contribution in [0, 0.1) is 0 Å². The van der Waals surface area contributed by atoms with E-state index in [9.17, 15) is 9.59 Å². The highest BCUT2D eigenvalue weighted by molar-refractivity contribution is 6.30. The standard InChI is InChI=1S/C19H28ClN3O2/c1-3-5-11-22(12-6-4-2)19(25)21-16-13-18(24)23(14-16)17-9-7-15(20)8-10-17/h7-10,16H,3-6,11-14H2,1-2H3,(H,21,25). The van der Waals surface area contributed by atoms with Crippen LogP contribution in [0.25, 0.3) is 0 Å². The molecule has 1 aliphatic heterocycles. The van der Waals surface area contributed by atoms with Gasteiger partial charge >= 0.3 is 6.03 Å². The molecule has 1 atom stereocenters. The van der Waals surface area contributed by atoms with Crippen molar-refractivity contribution in [3.05, 3.63) is 29.3 Å². The smallest absolute Gasteiger partial charge is 0.317 e. The van der Waals surface area contributed by atoms with Gasteiger partial charge in [-0.3, -0.25) is 4.79 Å². The van der Waals surface area contributed by atoms with Crippen LogP contribution in [0.2, 0.25) is 5.02 Å². The van der Waals surface area contributed by atoms with Gasteiger partial charge in [-0.1, -0.05) is 38.3 Å². The molecule has 0 bridgehead atoms. The number of nitrogens with one attached hydrogen (secondary N) is 1. The molecule has 6 heteroatoms. The van der Waals surface area contributed by atoms with Gasteiger partial charge in [-0.2, -0.15) is 0 Å². The summed E-state index contributed by atoms with van der Waals surface area (Å²) < 4.78 is 0. The fraction of sp³-hybridized carbons (Fsp3) is 0.579. The highest BCUT2D eigenvalue weighted by atomic mass is 35.5. The number of hydrogen-bond donors (Lipinski definition) is 1. The third kappa shape index (κ3) is 5.63. The minimum Gasteiger partial charge on any atom is -0.333 e. The largest absolute Gasteiger partial charge is 0.333 e. The molecule has 0 radical (unpaired) electrons. The van der Waals surface area contributed by atoms with Crippen molar-refractivity contribution < 1.29 is 9.59 Å². The zero-order valence-electron chi connectivity index (χ0n) is 15.1. The Morgan fingerprint density at radius 2 is 1.80 bits per heavy atom. The summed E-state index contributed by atoms with van der Waals surface area (Å²) in [6.07, 6.45) is 4.45. The Labute approximate surface area is 155 Å². The van der Waals surface area contributed by atoms with Crippen LogP contribution in [0.3, 0.4) is 0 Å². The van der Waals surface area contributed by atoms with Gasteiger partial charge in [0.2, 0.25) is 5.91 Å². The molecule has 1 aromatic carbocycles. The lowest BCUT2D eigenvalue weighted by Gasteiger charge is -2.25. The van der Waals surface area contributed by atoms with E-state index in [0.717, 1.165) is 44.5 Å². The van der Waals surface area contributed by atoms with E-state index in [1.165, 1.54) is 0 Å². The topological polar surface area (TPSA) is 52.7 Å². The van der Waals surface area contributed by atoms with Gasteiger partial charge in [-0.25, -0.2) is 4.79 Å². The van der Waals surface area contributed by atoms with E-state index >= 15 is 0 Å². The van der Waals surface area contributed by atoms with Gasteiger partial charge in [0, 0.05) is 36.8 Å². The molecule has 1 aromatic rings. The van der Waals surface area contributed by atoms with E-state index in [4.69, 9.17) is 11.6 Å². The number of nitrogens with zero attached hydrogens (tertiary/aromatic N) is 2. The summed E-state index contributed by atoms with van der Waals surface area (Å²) in [6, 6.07) is 7.00. The van der Waals surface area contributed by atoms with Gasteiger partial charge in [-0.05, 0) is 37.1 Å². The lowest BCUT2D eigenvalue weighted by molar-refractivity contribution is -0.117. The van der Waals surface area contributed by atoms with Gasteiger partial charge < -0.3 is 15.1 Å². The first kappa shape index (κ1) is 19.6. The first-order valence-electron chi connectivity index (χ1n) is 9.16. The Balaban J connectivity index is 1.94. The van der Waals surface area contributed by atoms with E-state index in [0.29, 0.717) is 18.0 Å². The van der Waals surface area contributed by atoms with Crippen LogP contribution >= 0.6 is 11.6 Å². The van der Waals surface area contributed by atoms with Gasteiger partial charge in [0.05, 0.1) is 6.04 Å². The van der Waals surface area contributed by atoms with Gasteiger partial charge in [0.1, 0.15) is 0 Å². The summed E-state index contributed by atoms with van der Waals surface area (Å²) >= 11 is 5.90. The van der Waals surface area contributed by atoms with E-state index < -0.39 is 0 Å². The maximum Gasteiger partial charge on any atom is 0.317 e. The minimum atomic E-state index is -0.151. The summed E-state index contributed by atoms with van der Waals surface area (Å²) in [7, 11) is 0. The third-order valence-corrected chi connectivity index (χ3v) is 4.69. The van der Waals surface area contributed by atoms with Crippen molar-refractivity contribution in [2.75, 3.05) is 24.5 Å². The molecule has 0 saturated carbocycles. The number of carbonyl (C=O) groups is 2. The fourth-order valence-corrected chi connectivity index (χ4v) is 3.08. The van der Waals surface area contributed by atoms with Crippen LogP contribution in [-0.4, -0.2) is 42.5 Å². The zero-order chi connectivity index (χ0) is 18.2. The summed E-state index contributed by atoms with van der Waals surface area (Å²) in [5.74, 6) is 0.0290. The summed E-state index contributed by atoms with van der Waals surface area (Å²) in [5, 5.41) is 3.68. The molecule has 1 saturated heterocycles. The number of unbranched alkanes of at least 4 members (excludes halogenated alkanes) is 2. The molecule has 1 unspecified atom stereocenters. The number of amides is 3. The van der Waals surface area contributed by atoms with Crippen LogP contribution in [-0.2, 0) is 4.79 Å². The Bertz CT molecular complexity index is 569. The molecule has 0 spiro atoms. The number of hydrogen-bond acceptors (Lipinski definition) is 2. The second kappa shape index (κ2) is 9.66. The van der Waals surface area contributed by atoms with Crippen molar-refractivity contribution in [1.82, 2.24) is 10.2 Å². The Morgan fingerprint density at radius 3 is 2.36 bits per heavy atom. The average Bonchev–Trinajstić information content (AvgIpc) is 2.96. The van der Waals surface area contributed by atoms with E-state index in [2.05, 4.69) is 19.2 Å². The number of halogens is 1. The fourth-order valence-electron chi connectivity index (χ4n) is 2.95. The monoisotopic (exact) mass is 365 g/mol. The molecule has 1 N–H and O–H groups in total. The third-order valence-electron chi connectivity index (χ3n) is 4.44. The summed E-state index contributed by atoms with van der Waals surface area (Å²) in [6.45, 7) is 6.28. The molecule has 0 aromatic heterocycles. The van der Waals surface area contributed by atoms with Crippen molar-refractivity contribution in [3.8, 4) is 0 Å². The zero-order valence-corrected chi connectivity index (χ0v) is 15.9. The highest BCUT2D eigenvalue weighted by Gasteiger charge is 2.32. The lowest BCUT2D eigenvalue weighted by atomic mass is 10.2. The number of benzene rings is 1. The molecule has 1 fully saturated rings. The van der Waals surface area contributed by atoms with Crippen LogP contribution in [0.4, 0.5) is 10.5 Å². The van der Waals surface area contributed by atoms with Gasteiger partial charge in [-0.15, -0.1) is 0 Å². The van der Waals surface area contributed by atoms with Crippen molar-refractivity contribution in [2.45, 2.75) is 52.0 Å². The lowest BCUT2D eigenvalue weighted by Crippen LogP contribution is -2.46. The van der Waals surface area contributed by atoms with Crippen molar-refractivity contribution in [1.29, 1.82) is 0 Å². The molecule has 0 aliphatic carbocycles. The number of anilines is 1. The first-order valence-corrected chi connectivity index (χ1v) is 9.54. The van der Waals surface area contributed by atoms with Crippen LogP contribution in [0.5, 0.6) is 0 Å². The predicted molar refractivity (Wildman–Crippen MR) is 102 cm³/mol. The molecule has 138 valence electrons. The molecule has 1 heterocycles. The highest BCUT2D eigenvalue weighted by Crippen LogP contribution is 2.23. The average molecular weight is 366 g/mol. The molecule has 5 nitrogen and oxygen atoms in total. The molecular formula is C19H28ClN3O2. The van der Waals surface area contributed by atoms with Crippen molar-refractivity contribution >= 4 is 29.2 Å². The number of carbonyl (C=O) groups excluding carboxylic acids is 2. The molecule has 2 rings (SSSR count). The SMILES string of the molecule is CCCCN(CCCC)C(=O)NC1CC(=O)N(c2ccc(Cl)cc2)C1. The van der Waals surface area contributed by atoms with E-state index in [-0.39, 0.29) is 18.0 Å². The van der Waals surface area contributed by atoms with E-state index in [1.807, 2.05) is 17.0 Å². The summed E-state index contributed by atoms with van der Waals surface area (Å²) in [5.41, 5.74) is 0.819. The van der Waals surface area contributed by atoms with Crippen LogP contribution < -0.4 is 10.2 Å². The quantitative estimate of drug-likeness (QED) is 0.755. The molecular weight excluding hydrogens is 338 g/mol. The number of urea groups is 1. The Morgan fingerprint density at radius 1 is 1.20 bits per heavy atom. The summed E-state index contributed by atoms with van der Waals surface area (Å²) in [4.78, 5) is 28.5. The van der Waals surface area contributed by atoms with Crippen molar-refractivity contribution in [3.63, 3.8) is 0 Å². The van der Waals surface area contributed by atoms with Gasteiger partial charge in [0.15, 0.2) is 0 Å². The Hall–Kier alpha value is -1.75. The molecule has 25 heavy (non-hydrogen) atoms.